The number of hydrogen-bond acceptors (Lipinski definition) is 3. The summed E-state index contributed by atoms with van der Waals surface area (Å²) in [4.78, 5) is 19.9. The molecule has 0 spiro atoms. The van der Waals surface area contributed by atoms with Crippen molar-refractivity contribution in [1.29, 1.82) is 0 Å². The lowest BCUT2D eigenvalue weighted by Gasteiger charge is -2.38. The number of benzene rings is 2. The van der Waals surface area contributed by atoms with Crippen LogP contribution in [-0.4, -0.2) is 52.0 Å². The number of halogens is 2. The zero-order valence-corrected chi connectivity index (χ0v) is 17.7. The van der Waals surface area contributed by atoms with Crippen LogP contribution in [0.25, 0.3) is 10.9 Å². The number of carboxylic acid groups (broad SMARTS) is 1. The number of rotatable bonds is 5. The summed E-state index contributed by atoms with van der Waals surface area (Å²) in [7, 11) is 0. The van der Waals surface area contributed by atoms with Crippen molar-refractivity contribution in [3.63, 3.8) is 0 Å². The second kappa shape index (κ2) is 8.36. The number of aromatic nitrogens is 1. The normalized spacial score (nSPS) is 16.9. The first-order chi connectivity index (χ1) is 13.9. The average Bonchev–Trinajstić information content (AvgIpc) is 3.01. The van der Waals surface area contributed by atoms with Crippen LogP contribution in [0.4, 0.5) is 0 Å². The van der Waals surface area contributed by atoms with E-state index < -0.39 is 12.0 Å². The zero-order valence-electron chi connectivity index (χ0n) is 16.2. The van der Waals surface area contributed by atoms with Crippen molar-refractivity contribution in [3.05, 3.63) is 69.3 Å². The van der Waals surface area contributed by atoms with Gasteiger partial charge >= 0.3 is 5.97 Å². The molecular weight excluding hydrogens is 409 g/mol. The summed E-state index contributed by atoms with van der Waals surface area (Å²) in [5.41, 5.74) is 3.78. The number of hydrogen-bond donors (Lipinski definition) is 2. The van der Waals surface area contributed by atoms with Crippen LogP contribution in [0.3, 0.4) is 0 Å². The molecule has 2 aromatic carbocycles. The molecule has 4 rings (SSSR count). The number of aliphatic carboxylic acids is 1. The Morgan fingerprint density at radius 2 is 1.86 bits per heavy atom. The number of nitrogens with zero attached hydrogens (tertiary/aromatic N) is 2. The van der Waals surface area contributed by atoms with E-state index in [4.69, 9.17) is 23.2 Å². The number of nitrogens with one attached hydrogen (secondary N) is 1. The molecule has 2 heterocycles. The highest BCUT2D eigenvalue weighted by Gasteiger charge is 2.33. The molecule has 1 aliphatic heterocycles. The standard InChI is InChI=1S/C22H23Cl2N3O2/c1-14-20(17-4-2-3-5-19(17)25-14)21(22(28)29)27-10-8-26(9-11-27)13-15-6-7-16(23)12-18(15)24/h2-7,12,21,25H,8-11,13H2,1H3,(H,28,29)/t21-/m1/s1. The molecule has 0 unspecified atom stereocenters. The van der Waals surface area contributed by atoms with Gasteiger partial charge in [-0.15, -0.1) is 0 Å². The maximum Gasteiger partial charge on any atom is 0.325 e. The highest BCUT2D eigenvalue weighted by atomic mass is 35.5. The molecule has 0 saturated carbocycles. The molecule has 152 valence electrons. The van der Waals surface area contributed by atoms with Crippen LogP contribution in [-0.2, 0) is 11.3 Å². The van der Waals surface area contributed by atoms with Gasteiger partial charge in [0.25, 0.3) is 0 Å². The quantitative estimate of drug-likeness (QED) is 0.612. The SMILES string of the molecule is Cc1[nH]c2ccccc2c1[C@H](C(=O)O)N1CCN(Cc2ccc(Cl)cc2Cl)CC1. The maximum absolute atomic E-state index is 12.2. The van der Waals surface area contributed by atoms with E-state index in [1.807, 2.05) is 43.3 Å². The Morgan fingerprint density at radius 3 is 2.55 bits per heavy atom. The molecule has 1 aliphatic rings. The predicted molar refractivity (Wildman–Crippen MR) is 117 cm³/mol. The van der Waals surface area contributed by atoms with Gasteiger partial charge in [0.05, 0.1) is 0 Å². The number of para-hydroxylation sites is 1. The lowest BCUT2D eigenvalue weighted by Crippen LogP contribution is -2.49. The van der Waals surface area contributed by atoms with Crippen LogP contribution in [0.5, 0.6) is 0 Å². The van der Waals surface area contributed by atoms with Crippen molar-refractivity contribution in [2.24, 2.45) is 0 Å². The maximum atomic E-state index is 12.2. The Morgan fingerprint density at radius 1 is 1.14 bits per heavy atom. The van der Waals surface area contributed by atoms with Crippen molar-refractivity contribution in [2.75, 3.05) is 26.2 Å². The molecule has 1 saturated heterocycles. The Labute approximate surface area is 179 Å². The van der Waals surface area contributed by atoms with E-state index in [9.17, 15) is 9.90 Å². The molecule has 1 atom stereocenters. The molecule has 29 heavy (non-hydrogen) atoms. The van der Waals surface area contributed by atoms with Crippen molar-refractivity contribution in [3.8, 4) is 0 Å². The molecule has 7 heteroatoms. The Bertz CT molecular complexity index is 1040. The number of carbonyl (C=O) groups is 1. The van der Waals surface area contributed by atoms with Crippen molar-refractivity contribution in [2.45, 2.75) is 19.5 Å². The van der Waals surface area contributed by atoms with Gasteiger partial charge in [0, 0.05) is 64.9 Å². The molecule has 5 nitrogen and oxygen atoms in total. The van der Waals surface area contributed by atoms with Gasteiger partial charge in [-0.05, 0) is 30.7 Å². The summed E-state index contributed by atoms with van der Waals surface area (Å²) < 4.78 is 0. The number of aromatic amines is 1. The fraction of sp³-hybridized carbons (Fsp3) is 0.318. The third-order valence-electron chi connectivity index (χ3n) is 5.63. The molecule has 2 N–H and O–H groups in total. The molecule has 0 aliphatic carbocycles. The van der Waals surface area contributed by atoms with Gasteiger partial charge in [0.2, 0.25) is 0 Å². The number of H-pyrrole nitrogens is 1. The summed E-state index contributed by atoms with van der Waals surface area (Å²) in [6.07, 6.45) is 0. The van der Waals surface area contributed by atoms with E-state index in [1.54, 1.807) is 6.07 Å². The van der Waals surface area contributed by atoms with Gasteiger partial charge in [0.15, 0.2) is 0 Å². The summed E-state index contributed by atoms with van der Waals surface area (Å²) >= 11 is 12.3. The van der Waals surface area contributed by atoms with Crippen molar-refractivity contribution < 1.29 is 9.90 Å². The molecule has 0 radical (unpaired) electrons. The van der Waals surface area contributed by atoms with Crippen LogP contribution in [0.2, 0.25) is 10.0 Å². The molecular formula is C22H23Cl2N3O2. The van der Waals surface area contributed by atoms with E-state index in [1.165, 1.54) is 0 Å². The summed E-state index contributed by atoms with van der Waals surface area (Å²) in [6, 6.07) is 12.8. The third-order valence-corrected chi connectivity index (χ3v) is 6.22. The average molecular weight is 432 g/mol. The topological polar surface area (TPSA) is 59.6 Å². The summed E-state index contributed by atoms with van der Waals surface area (Å²) in [5, 5.41) is 12.3. The molecule has 0 amide bonds. The van der Waals surface area contributed by atoms with Crippen LogP contribution < -0.4 is 0 Å². The van der Waals surface area contributed by atoms with E-state index in [2.05, 4.69) is 14.8 Å². The molecule has 0 bridgehead atoms. The van der Waals surface area contributed by atoms with Gasteiger partial charge in [-0.2, -0.15) is 0 Å². The van der Waals surface area contributed by atoms with Crippen LogP contribution >= 0.6 is 23.2 Å². The first kappa shape index (κ1) is 20.2. The third kappa shape index (κ3) is 4.14. The van der Waals surface area contributed by atoms with E-state index in [0.717, 1.165) is 47.4 Å². The lowest BCUT2D eigenvalue weighted by molar-refractivity contribution is -0.144. The monoisotopic (exact) mass is 431 g/mol. The summed E-state index contributed by atoms with van der Waals surface area (Å²) in [6.45, 7) is 5.61. The second-order valence-corrected chi connectivity index (χ2v) is 8.34. The fourth-order valence-corrected chi connectivity index (χ4v) is 4.65. The molecule has 1 fully saturated rings. The zero-order chi connectivity index (χ0) is 20.5. The second-order valence-electron chi connectivity index (χ2n) is 7.50. The van der Waals surface area contributed by atoms with E-state index in [-0.39, 0.29) is 0 Å². The molecule has 1 aromatic heterocycles. The lowest BCUT2D eigenvalue weighted by atomic mass is 10.0. The highest BCUT2D eigenvalue weighted by molar-refractivity contribution is 6.35. The number of carboxylic acids is 1. The van der Waals surface area contributed by atoms with Crippen LogP contribution in [0.15, 0.2) is 42.5 Å². The number of fused-ring (bicyclic) bond motifs is 1. The Balaban J connectivity index is 1.51. The number of piperazine rings is 1. The number of aryl methyl sites for hydroxylation is 1. The van der Waals surface area contributed by atoms with Gasteiger partial charge in [0.1, 0.15) is 6.04 Å². The van der Waals surface area contributed by atoms with Crippen molar-refractivity contribution in [1.82, 2.24) is 14.8 Å². The predicted octanol–water partition coefficient (Wildman–Crippen LogP) is 4.73. The Kier molecular flexibility index (Phi) is 5.83. The van der Waals surface area contributed by atoms with Gasteiger partial charge < -0.3 is 10.1 Å². The van der Waals surface area contributed by atoms with E-state index in [0.29, 0.717) is 23.1 Å². The molecule has 3 aromatic rings. The largest absolute Gasteiger partial charge is 0.480 e. The minimum absolute atomic E-state index is 0.627. The smallest absolute Gasteiger partial charge is 0.325 e. The van der Waals surface area contributed by atoms with Crippen LogP contribution in [0, 0.1) is 6.92 Å². The Hall–Kier alpha value is -2.05. The first-order valence-corrected chi connectivity index (χ1v) is 10.4. The summed E-state index contributed by atoms with van der Waals surface area (Å²) in [5.74, 6) is -0.813. The van der Waals surface area contributed by atoms with E-state index >= 15 is 0 Å². The fourth-order valence-electron chi connectivity index (χ4n) is 4.18. The van der Waals surface area contributed by atoms with Crippen LogP contribution in [0.1, 0.15) is 22.9 Å². The van der Waals surface area contributed by atoms with Gasteiger partial charge in [-0.25, -0.2) is 0 Å². The minimum Gasteiger partial charge on any atom is -0.480 e. The van der Waals surface area contributed by atoms with Gasteiger partial charge in [-0.3, -0.25) is 14.6 Å². The first-order valence-electron chi connectivity index (χ1n) is 9.64. The minimum atomic E-state index is -0.813. The highest BCUT2D eigenvalue weighted by Crippen LogP contribution is 2.32. The van der Waals surface area contributed by atoms with Crippen molar-refractivity contribution >= 4 is 40.1 Å². The van der Waals surface area contributed by atoms with Gasteiger partial charge in [-0.1, -0.05) is 47.5 Å².